The zero-order chi connectivity index (χ0) is 14.0. The lowest BCUT2D eigenvalue weighted by Crippen LogP contribution is -2.41. The van der Waals surface area contributed by atoms with Gasteiger partial charge in [0.1, 0.15) is 0 Å². The Labute approximate surface area is 118 Å². The molecular formula is C17H28N2. The quantitative estimate of drug-likeness (QED) is 0.893. The molecule has 1 aromatic carbocycles. The van der Waals surface area contributed by atoms with Crippen molar-refractivity contribution in [1.82, 2.24) is 5.32 Å². The van der Waals surface area contributed by atoms with E-state index < -0.39 is 0 Å². The Hall–Kier alpha value is -1.02. The van der Waals surface area contributed by atoms with Gasteiger partial charge in [-0.25, -0.2) is 0 Å². The Morgan fingerprint density at radius 1 is 1.32 bits per heavy atom. The Morgan fingerprint density at radius 2 is 2.05 bits per heavy atom. The molecule has 0 aliphatic carbocycles. The van der Waals surface area contributed by atoms with Crippen LogP contribution in [0.15, 0.2) is 18.2 Å². The van der Waals surface area contributed by atoms with E-state index in [0.29, 0.717) is 5.41 Å². The smallest absolute Gasteiger partial charge is 0.0393 e. The van der Waals surface area contributed by atoms with Gasteiger partial charge in [-0.15, -0.1) is 0 Å². The van der Waals surface area contributed by atoms with Gasteiger partial charge in [-0.3, -0.25) is 0 Å². The lowest BCUT2D eigenvalue weighted by Gasteiger charge is -2.38. The molecule has 0 aromatic heterocycles. The molecular weight excluding hydrogens is 232 g/mol. The lowest BCUT2D eigenvalue weighted by atomic mass is 9.76. The predicted octanol–water partition coefficient (Wildman–Crippen LogP) is 3.38. The van der Waals surface area contributed by atoms with Gasteiger partial charge < -0.3 is 10.2 Å². The minimum Gasteiger partial charge on any atom is -0.374 e. The van der Waals surface area contributed by atoms with Crippen LogP contribution in [0.25, 0.3) is 0 Å². The van der Waals surface area contributed by atoms with Crippen LogP contribution in [0.3, 0.4) is 0 Å². The highest BCUT2D eigenvalue weighted by Gasteiger charge is 2.37. The Morgan fingerprint density at radius 3 is 2.58 bits per heavy atom. The summed E-state index contributed by atoms with van der Waals surface area (Å²) in [6.45, 7) is 12.6. The normalized spacial score (nSPS) is 23.1. The average Bonchev–Trinajstić information content (AvgIpc) is 2.78. The van der Waals surface area contributed by atoms with Crippen molar-refractivity contribution < 1.29 is 0 Å². The van der Waals surface area contributed by atoms with Gasteiger partial charge in [0, 0.05) is 31.2 Å². The summed E-state index contributed by atoms with van der Waals surface area (Å²) in [7, 11) is 2.24. The molecule has 19 heavy (non-hydrogen) atoms. The molecule has 2 nitrogen and oxygen atoms in total. The number of benzene rings is 1. The molecule has 1 N–H and O–H groups in total. The van der Waals surface area contributed by atoms with E-state index in [1.54, 1.807) is 0 Å². The molecule has 106 valence electrons. The molecule has 2 rings (SSSR count). The van der Waals surface area contributed by atoms with Gasteiger partial charge in [0.15, 0.2) is 0 Å². The highest BCUT2D eigenvalue weighted by atomic mass is 15.1. The molecule has 0 amide bonds. The minimum atomic E-state index is 0.423. The van der Waals surface area contributed by atoms with Crippen LogP contribution >= 0.6 is 0 Å². The molecule has 1 aliphatic heterocycles. The summed E-state index contributed by atoms with van der Waals surface area (Å²) in [4.78, 5) is 2.45. The number of nitrogens with zero attached hydrogens (tertiary/aromatic N) is 1. The summed E-state index contributed by atoms with van der Waals surface area (Å²) < 4.78 is 0. The van der Waals surface area contributed by atoms with Gasteiger partial charge in [0.25, 0.3) is 0 Å². The largest absolute Gasteiger partial charge is 0.374 e. The maximum Gasteiger partial charge on any atom is 0.0393 e. The van der Waals surface area contributed by atoms with Crippen molar-refractivity contribution in [2.45, 2.75) is 34.1 Å². The maximum absolute atomic E-state index is 3.55. The molecule has 2 heteroatoms. The first-order valence-corrected chi connectivity index (χ1v) is 7.44. The first-order valence-electron chi connectivity index (χ1n) is 7.44. The van der Waals surface area contributed by atoms with Crippen molar-refractivity contribution in [2.75, 3.05) is 31.6 Å². The lowest BCUT2D eigenvalue weighted by molar-refractivity contribution is 0.225. The summed E-state index contributed by atoms with van der Waals surface area (Å²) >= 11 is 0. The molecule has 1 saturated heterocycles. The van der Waals surface area contributed by atoms with Crippen LogP contribution in [-0.2, 0) is 0 Å². The molecule has 1 unspecified atom stereocenters. The van der Waals surface area contributed by atoms with E-state index in [1.165, 1.54) is 29.8 Å². The topological polar surface area (TPSA) is 15.3 Å². The highest BCUT2D eigenvalue weighted by molar-refractivity contribution is 5.54. The third-order valence-corrected chi connectivity index (χ3v) is 4.82. The third-order valence-electron chi connectivity index (χ3n) is 4.82. The van der Waals surface area contributed by atoms with Crippen LogP contribution in [0, 0.1) is 25.2 Å². The molecule has 1 aromatic rings. The van der Waals surface area contributed by atoms with Crippen molar-refractivity contribution in [2.24, 2.45) is 11.3 Å². The fourth-order valence-corrected chi connectivity index (χ4v) is 3.36. The Kier molecular flexibility index (Phi) is 4.19. The second kappa shape index (κ2) is 5.54. The molecule has 1 heterocycles. The van der Waals surface area contributed by atoms with Crippen molar-refractivity contribution in [1.29, 1.82) is 0 Å². The second-order valence-electron chi connectivity index (χ2n) is 6.59. The van der Waals surface area contributed by atoms with Gasteiger partial charge in [0.2, 0.25) is 0 Å². The fourth-order valence-electron chi connectivity index (χ4n) is 3.36. The number of anilines is 1. The van der Waals surface area contributed by atoms with E-state index in [0.717, 1.165) is 19.0 Å². The van der Waals surface area contributed by atoms with E-state index in [9.17, 15) is 0 Å². The van der Waals surface area contributed by atoms with E-state index in [1.807, 2.05) is 0 Å². The van der Waals surface area contributed by atoms with Crippen LogP contribution in [0.4, 0.5) is 5.69 Å². The van der Waals surface area contributed by atoms with E-state index in [-0.39, 0.29) is 0 Å². The van der Waals surface area contributed by atoms with E-state index in [2.05, 4.69) is 63.2 Å². The van der Waals surface area contributed by atoms with E-state index in [4.69, 9.17) is 0 Å². The van der Waals surface area contributed by atoms with Crippen LogP contribution < -0.4 is 10.2 Å². The Balaban J connectivity index is 2.17. The number of hydrogen-bond acceptors (Lipinski definition) is 2. The molecule has 0 radical (unpaired) electrons. The van der Waals surface area contributed by atoms with Crippen LogP contribution in [-0.4, -0.2) is 26.7 Å². The van der Waals surface area contributed by atoms with Gasteiger partial charge >= 0.3 is 0 Å². The summed E-state index contributed by atoms with van der Waals surface area (Å²) in [5.74, 6) is 0.718. The van der Waals surface area contributed by atoms with E-state index >= 15 is 0 Å². The second-order valence-corrected chi connectivity index (χ2v) is 6.59. The fraction of sp³-hybridized carbons (Fsp3) is 0.647. The standard InChI is InChI=1S/C17H28N2/c1-13(2)17(8-9-18-11-17)12-19(5)16-7-6-14(3)10-15(16)4/h6-7,10,13,18H,8-9,11-12H2,1-5H3. The zero-order valence-electron chi connectivity index (χ0n) is 13.1. The summed E-state index contributed by atoms with van der Waals surface area (Å²) in [5, 5.41) is 3.55. The summed E-state index contributed by atoms with van der Waals surface area (Å²) in [5.41, 5.74) is 4.52. The highest BCUT2D eigenvalue weighted by Crippen LogP contribution is 2.36. The Bertz CT molecular complexity index is 431. The average molecular weight is 260 g/mol. The zero-order valence-corrected chi connectivity index (χ0v) is 13.1. The summed E-state index contributed by atoms with van der Waals surface area (Å²) in [6.07, 6.45) is 1.29. The van der Waals surface area contributed by atoms with Crippen molar-refractivity contribution in [3.05, 3.63) is 29.3 Å². The van der Waals surface area contributed by atoms with Crippen LogP contribution in [0.1, 0.15) is 31.4 Å². The molecule has 1 fully saturated rings. The molecule has 0 saturated carbocycles. The minimum absolute atomic E-state index is 0.423. The summed E-state index contributed by atoms with van der Waals surface area (Å²) in [6, 6.07) is 6.76. The van der Waals surface area contributed by atoms with Crippen LogP contribution in [0.5, 0.6) is 0 Å². The van der Waals surface area contributed by atoms with Gasteiger partial charge in [0.05, 0.1) is 0 Å². The van der Waals surface area contributed by atoms with Gasteiger partial charge in [-0.2, -0.15) is 0 Å². The van der Waals surface area contributed by atoms with Crippen molar-refractivity contribution in [3.8, 4) is 0 Å². The molecule has 0 spiro atoms. The number of rotatable bonds is 4. The van der Waals surface area contributed by atoms with Crippen molar-refractivity contribution >= 4 is 5.69 Å². The monoisotopic (exact) mass is 260 g/mol. The first-order chi connectivity index (χ1) is 8.94. The molecule has 1 aliphatic rings. The van der Waals surface area contributed by atoms with Crippen LogP contribution in [0.2, 0.25) is 0 Å². The number of aryl methyl sites for hydroxylation is 2. The maximum atomic E-state index is 3.55. The molecule has 0 bridgehead atoms. The van der Waals surface area contributed by atoms with Gasteiger partial charge in [-0.1, -0.05) is 31.5 Å². The predicted molar refractivity (Wildman–Crippen MR) is 83.9 cm³/mol. The van der Waals surface area contributed by atoms with Crippen molar-refractivity contribution in [3.63, 3.8) is 0 Å². The van der Waals surface area contributed by atoms with Gasteiger partial charge in [-0.05, 0) is 44.4 Å². The SMILES string of the molecule is Cc1ccc(N(C)CC2(C(C)C)CCNC2)c(C)c1. The third kappa shape index (κ3) is 2.94. The first kappa shape index (κ1) is 14.4. The molecule has 1 atom stereocenters. The number of hydrogen-bond donors (Lipinski definition) is 1. The number of nitrogens with one attached hydrogen (secondary N) is 1.